The van der Waals surface area contributed by atoms with Crippen molar-refractivity contribution in [3.8, 4) is 0 Å². The van der Waals surface area contributed by atoms with Crippen LogP contribution in [0.2, 0.25) is 0 Å². The van der Waals surface area contributed by atoms with Crippen molar-refractivity contribution in [2.75, 3.05) is 24.5 Å². The van der Waals surface area contributed by atoms with E-state index in [1.807, 2.05) is 25.7 Å². The molecule has 1 saturated heterocycles. The maximum absolute atomic E-state index is 13.3. The third-order valence-corrected chi connectivity index (χ3v) is 4.79. The zero-order chi connectivity index (χ0) is 19.8. The molecular weight excluding hydrogens is 357 g/mol. The van der Waals surface area contributed by atoms with Gasteiger partial charge in [-0.3, -0.25) is 4.79 Å². The number of anilines is 1. The van der Waals surface area contributed by atoms with E-state index >= 15 is 0 Å². The minimum atomic E-state index is -4.44. The predicted octanol–water partition coefficient (Wildman–Crippen LogP) is 4.57. The first-order valence-corrected chi connectivity index (χ1v) is 8.90. The molecule has 1 aromatic carbocycles. The molecule has 0 spiro atoms. The molecule has 1 radical (unpaired) electrons. The summed E-state index contributed by atoms with van der Waals surface area (Å²) in [6.07, 6.45) is -3.00. The zero-order valence-corrected chi connectivity index (χ0v) is 15.5. The van der Waals surface area contributed by atoms with Gasteiger partial charge in [0.1, 0.15) is 0 Å². The number of hydrogen-bond donors (Lipinski definition) is 0. The molecule has 27 heavy (non-hydrogen) atoms. The molecule has 0 bridgehead atoms. The van der Waals surface area contributed by atoms with Gasteiger partial charge in [0.05, 0.1) is 11.8 Å². The number of nitrogens with zero attached hydrogens (tertiary/aromatic N) is 2. The second kappa shape index (κ2) is 7.29. The summed E-state index contributed by atoms with van der Waals surface area (Å²) < 4.78 is 45.0. The molecule has 0 unspecified atom stereocenters. The Balaban J connectivity index is 1.82. The average molecular weight is 379 g/mol. The second-order valence-corrected chi connectivity index (χ2v) is 7.13. The maximum atomic E-state index is 13.3. The number of rotatable bonds is 3. The molecule has 145 valence electrons. The maximum Gasteiger partial charge on any atom is 0.417 e. The number of piperazine rings is 1. The first-order chi connectivity index (χ1) is 12.7. The van der Waals surface area contributed by atoms with Crippen molar-refractivity contribution < 1.29 is 22.4 Å². The molecule has 1 aromatic heterocycles. The minimum absolute atomic E-state index is 0.0645. The number of benzene rings is 1. The van der Waals surface area contributed by atoms with Crippen molar-refractivity contribution >= 4 is 11.6 Å². The van der Waals surface area contributed by atoms with Gasteiger partial charge in [-0.25, -0.2) is 0 Å². The van der Waals surface area contributed by atoms with Crippen molar-refractivity contribution in [3.05, 3.63) is 53.5 Å². The Hall–Kier alpha value is -2.44. The summed E-state index contributed by atoms with van der Waals surface area (Å²) in [5.74, 6) is 0.00347. The first-order valence-electron chi connectivity index (χ1n) is 8.90. The number of furan rings is 1. The standard InChI is InChI=1S/C20H22F3N2O2/c1-13(2)15-9-16(20(21,22)23)11-17(10-15)24-6-7-25(14(3)12-24)19(26)18-5-4-8-27-18/h4-5,8,10-11,13-14H,6-7,12H2,1-3H3/t14-/m1/s1. The van der Waals surface area contributed by atoms with Crippen LogP contribution in [0.25, 0.3) is 0 Å². The molecule has 0 aliphatic carbocycles. The molecule has 3 rings (SSSR count). The van der Waals surface area contributed by atoms with Crippen LogP contribution >= 0.6 is 0 Å². The van der Waals surface area contributed by atoms with E-state index in [2.05, 4.69) is 6.07 Å². The van der Waals surface area contributed by atoms with Gasteiger partial charge in [-0.05, 0) is 48.7 Å². The molecular formula is C20H22F3N2O2. The fraction of sp³-hybridized carbons (Fsp3) is 0.450. The minimum Gasteiger partial charge on any atom is -0.459 e. The summed E-state index contributed by atoms with van der Waals surface area (Å²) in [4.78, 5) is 16.1. The lowest BCUT2D eigenvalue weighted by Crippen LogP contribution is -2.54. The number of carbonyl (C=O) groups is 1. The second-order valence-electron chi connectivity index (χ2n) is 7.13. The molecule has 2 heterocycles. The summed E-state index contributed by atoms with van der Waals surface area (Å²) in [7, 11) is 0. The van der Waals surface area contributed by atoms with E-state index in [4.69, 9.17) is 4.42 Å². The van der Waals surface area contributed by atoms with E-state index in [1.54, 1.807) is 23.1 Å². The number of carbonyl (C=O) groups excluding carboxylic acids is 1. The smallest absolute Gasteiger partial charge is 0.417 e. The summed E-state index contributed by atoms with van der Waals surface area (Å²) in [5, 5.41) is 0. The van der Waals surface area contributed by atoms with Crippen LogP contribution in [-0.2, 0) is 6.18 Å². The normalized spacial score (nSPS) is 18.3. The van der Waals surface area contributed by atoms with Crippen molar-refractivity contribution in [1.29, 1.82) is 0 Å². The molecule has 1 aliphatic heterocycles. The Bertz CT molecular complexity index is 800. The van der Waals surface area contributed by atoms with E-state index in [0.29, 0.717) is 30.9 Å². The Morgan fingerprint density at radius 3 is 2.59 bits per heavy atom. The zero-order valence-electron chi connectivity index (χ0n) is 15.5. The monoisotopic (exact) mass is 379 g/mol. The molecule has 1 fully saturated rings. The number of halogens is 3. The predicted molar refractivity (Wildman–Crippen MR) is 95.8 cm³/mol. The third-order valence-electron chi connectivity index (χ3n) is 4.79. The Morgan fingerprint density at radius 1 is 1.30 bits per heavy atom. The van der Waals surface area contributed by atoms with Gasteiger partial charge >= 0.3 is 6.18 Å². The number of hydrogen-bond acceptors (Lipinski definition) is 3. The van der Waals surface area contributed by atoms with Crippen LogP contribution in [0.4, 0.5) is 18.9 Å². The highest BCUT2D eigenvalue weighted by Crippen LogP contribution is 2.35. The molecule has 1 amide bonds. The van der Waals surface area contributed by atoms with Crippen LogP contribution in [0.15, 0.2) is 34.9 Å². The van der Waals surface area contributed by atoms with Gasteiger partial charge in [0.2, 0.25) is 0 Å². The molecule has 1 atom stereocenters. The number of amides is 1. The van der Waals surface area contributed by atoms with Crippen LogP contribution in [-0.4, -0.2) is 36.5 Å². The molecule has 4 nitrogen and oxygen atoms in total. The van der Waals surface area contributed by atoms with Crippen molar-refractivity contribution in [3.63, 3.8) is 0 Å². The van der Waals surface area contributed by atoms with Gasteiger partial charge in [0, 0.05) is 31.4 Å². The summed E-state index contributed by atoms with van der Waals surface area (Å²) in [5.41, 5.74) is 0.286. The van der Waals surface area contributed by atoms with Crippen molar-refractivity contribution in [2.45, 2.75) is 38.9 Å². The SMILES string of the molecule is CC(C)c1[c]c(C(F)(F)F)cc(N2CCN(C(=O)c3ccco3)[C@H](C)C2)c1. The van der Waals surface area contributed by atoms with Crippen LogP contribution in [0.1, 0.15) is 48.4 Å². The lowest BCUT2D eigenvalue weighted by atomic mass is 9.98. The van der Waals surface area contributed by atoms with Gasteiger partial charge in [0.25, 0.3) is 5.91 Å². The summed E-state index contributed by atoms with van der Waals surface area (Å²) in [6, 6.07) is 8.50. The van der Waals surface area contributed by atoms with E-state index in [0.717, 1.165) is 6.07 Å². The van der Waals surface area contributed by atoms with E-state index < -0.39 is 11.7 Å². The third kappa shape index (κ3) is 4.12. The van der Waals surface area contributed by atoms with E-state index in [1.165, 1.54) is 6.26 Å². The molecule has 7 heteroatoms. The van der Waals surface area contributed by atoms with Crippen LogP contribution in [0.3, 0.4) is 0 Å². The van der Waals surface area contributed by atoms with Crippen molar-refractivity contribution in [2.24, 2.45) is 0 Å². The van der Waals surface area contributed by atoms with Crippen molar-refractivity contribution in [1.82, 2.24) is 4.90 Å². The first kappa shape index (κ1) is 19.3. The van der Waals surface area contributed by atoms with E-state index in [-0.39, 0.29) is 23.6 Å². The van der Waals surface area contributed by atoms with Gasteiger partial charge in [0.15, 0.2) is 5.76 Å². The Kier molecular flexibility index (Phi) is 5.22. The fourth-order valence-corrected chi connectivity index (χ4v) is 3.26. The van der Waals surface area contributed by atoms with Gasteiger partial charge < -0.3 is 14.2 Å². The molecule has 1 aliphatic rings. The lowest BCUT2D eigenvalue weighted by Gasteiger charge is -2.41. The van der Waals surface area contributed by atoms with Crippen LogP contribution < -0.4 is 4.90 Å². The molecule has 2 aromatic rings. The fourth-order valence-electron chi connectivity index (χ4n) is 3.26. The summed E-state index contributed by atoms with van der Waals surface area (Å²) >= 11 is 0. The summed E-state index contributed by atoms with van der Waals surface area (Å²) in [6.45, 7) is 6.89. The Morgan fingerprint density at radius 2 is 2.04 bits per heavy atom. The Labute approximate surface area is 156 Å². The highest BCUT2D eigenvalue weighted by molar-refractivity contribution is 5.91. The topological polar surface area (TPSA) is 36.7 Å². The van der Waals surface area contributed by atoms with Crippen LogP contribution in [0.5, 0.6) is 0 Å². The average Bonchev–Trinajstić information content (AvgIpc) is 3.14. The van der Waals surface area contributed by atoms with Crippen LogP contribution in [0, 0.1) is 6.07 Å². The van der Waals surface area contributed by atoms with Gasteiger partial charge in [-0.1, -0.05) is 13.8 Å². The van der Waals surface area contributed by atoms with Gasteiger partial charge in [-0.2, -0.15) is 13.2 Å². The quantitative estimate of drug-likeness (QED) is 0.784. The largest absolute Gasteiger partial charge is 0.459 e. The molecule has 0 saturated carbocycles. The highest BCUT2D eigenvalue weighted by atomic mass is 19.4. The highest BCUT2D eigenvalue weighted by Gasteiger charge is 2.34. The van der Waals surface area contributed by atoms with E-state index in [9.17, 15) is 18.0 Å². The number of alkyl halides is 3. The van der Waals surface area contributed by atoms with Gasteiger partial charge in [-0.15, -0.1) is 0 Å². The molecule has 0 N–H and O–H groups in total. The lowest BCUT2D eigenvalue weighted by molar-refractivity contribution is -0.137.